The van der Waals surface area contributed by atoms with Crippen LogP contribution >= 0.6 is 27.5 Å². The molecule has 2 aromatic rings. The zero-order valence-electron chi connectivity index (χ0n) is 10.3. The average molecular weight is 341 g/mol. The van der Waals surface area contributed by atoms with Crippen LogP contribution in [0.25, 0.3) is 0 Å². The molecule has 2 nitrogen and oxygen atoms in total. The van der Waals surface area contributed by atoms with Crippen molar-refractivity contribution in [1.29, 1.82) is 0 Å². The molecule has 0 aromatic heterocycles. The van der Waals surface area contributed by atoms with Gasteiger partial charge in [-0.25, -0.2) is 0 Å². The van der Waals surface area contributed by atoms with Crippen LogP contribution in [-0.4, -0.2) is 11.1 Å². The minimum absolute atomic E-state index is 0.361. The van der Waals surface area contributed by atoms with Crippen molar-refractivity contribution in [2.75, 3.05) is 0 Å². The van der Waals surface area contributed by atoms with Crippen molar-refractivity contribution in [2.24, 2.45) is 5.73 Å². The summed E-state index contributed by atoms with van der Waals surface area (Å²) < 4.78 is 0.774. The highest BCUT2D eigenvalue weighted by molar-refractivity contribution is 9.10. The van der Waals surface area contributed by atoms with Crippen molar-refractivity contribution in [2.45, 2.75) is 18.6 Å². The van der Waals surface area contributed by atoms with Crippen LogP contribution in [0.5, 0.6) is 0 Å². The van der Waals surface area contributed by atoms with Crippen LogP contribution < -0.4 is 5.73 Å². The van der Waals surface area contributed by atoms with E-state index in [9.17, 15) is 5.11 Å². The van der Waals surface area contributed by atoms with Crippen LogP contribution in [0, 0.1) is 0 Å². The summed E-state index contributed by atoms with van der Waals surface area (Å²) in [6.07, 6.45) is -0.108. The average Bonchev–Trinajstić information content (AvgIpc) is 2.39. The summed E-state index contributed by atoms with van der Waals surface area (Å²) in [5.41, 5.74) is 7.95. The number of rotatable bonds is 4. The second-order valence-corrected chi connectivity index (χ2v) is 5.76. The highest BCUT2D eigenvalue weighted by Crippen LogP contribution is 2.28. The molecule has 0 bridgehead atoms. The van der Waals surface area contributed by atoms with Crippen LogP contribution in [-0.2, 0) is 6.42 Å². The maximum Gasteiger partial charge on any atom is 0.0955 e. The molecule has 2 atom stereocenters. The van der Waals surface area contributed by atoms with E-state index in [1.165, 1.54) is 0 Å². The molecule has 4 heteroatoms. The normalized spacial score (nSPS) is 14.1. The molecular weight excluding hydrogens is 326 g/mol. The molecule has 0 aliphatic carbocycles. The Balaban J connectivity index is 2.12. The van der Waals surface area contributed by atoms with Crippen LogP contribution in [0.3, 0.4) is 0 Å². The first-order chi connectivity index (χ1) is 9.08. The Morgan fingerprint density at radius 1 is 1.16 bits per heavy atom. The molecule has 19 heavy (non-hydrogen) atoms. The number of hydrogen-bond acceptors (Lipinski definition) is 2. The lowest BCUT2D eigenvalue weighted by atomic mass is 9.97. The Labute approximate surface area is 126 Å². The van der Waals surface area contributed by atoms with Gasteiger partial charge in [0.2, 0.25) is 0 Å². The molecule has 2 rings (SSSR count). The molecule has 0 spiro atoms. The van der Waals surface area contributed by atoms with Gasteiger partial charge in [-0.15, -0.1) is 0 Å². The van der Waals surface area contributed by atoms with E-state index in [1.807, 2.05) is 30.3 Å². The Morgan fingerprint density at radius 3 is 2.47 bits per heavy atom. The fourth-order valence-electron chi connectivity index (χ4n) is 1.97. The fraction of sp³-hybridized carbons (Fsp3) is 0.200. The molecule has 2 unspecified atom stereocenters. The highest BCUT2D eigenvalue weighted by atomic mass is 79.9. The first kappa shape index (κ1) is 14.5. The zero-order chi connectivity index (χ0) is 13.8. The van der Waals surface area contributed by atoms with Crippen molar-refractivity contribution in [3.8, 4) is 0 Å². The highest BCUT2D eigenvalue weighted by Gasteiger charge is 2.19. The number of hydrogen-bond donors (Lipinski definition) is 2. The van der Waals surface area contributed by atoms with Gasteiger partial charge in [0.05, 0.1) is 6.10 Å². The third-order valence-electron chi connectivity index (χ3n) is 3.00. The van der Waals surface area contributed by atoms with Gasteiger partial charge in [-0.1, -0.05) is 63.9 Å². The van der Waals surface area contributed by atoms with Gasteiger partial charge in [0.15, 0.2) is 0 Å². The first-order valence-corrected chi connectivity index (χ1v) is 7.17. The molecule has 0 fully saturated rings. The summed E-state index contributed by atoms with van der Waals surface area (Å²) in [6, 6.07) is 14.8. The van der Waals surface area contributed by atoms with E-state index in [1.54, 1.807) is 18.2 Å². The number of halogens is 2. The Hall–Kier alpha value is -0.870. The van der Waals surface area contributed by atoms with E-state index in [-0.39, 0.29) is 6.04 Å². The summed E-state index contributed by atoms with van der Waals surface area (Å²) >= 11 is 9.29. The minimum Gasteiger partial charge on any atom is -0.387 e. The smallest absolute Gasteiger partial charge is 0.0955 e. The van der Waals surface area contributed by atoms with Crippen molar-refractivity contribution < 1.29 is 5.11 Å². The van der Waals surface area contributed by atoms with E-state index in [0.29, 0.717) is 11.4 Å². The van der Waals surface area contributed by atoms with E-state index in [4.69, 9.17) is 17.3 Å². The number of aliphatic hydroxyl groups is 1. The molecule has 0 heterocycles. The Bertz CT molecular complexity index is 547. The van der Waals surface area contributed by atoms with Gasteiger partial charge in [0, 0.05) is 15.5 Å². The van der Waals surface area contributed by atoms with E-state index in [2.05, 4.69) is 15.9 Å². The monoisotopic (exact) mass is 339 g/mol. The summed E-state index contributed by atoms with van der Waals surface area (Å²) in [5.74, 6) is 0. The van der Waals surface area contributed by atoms with Crippen molar-refractivity contribution in [3.05, 3.63) is 69.2 Å². The lowest BCUT2D eigenvalue weighted by Crippen LogP contribution is -2.30. The topological polar surface area (TPSA) is 46.2 Å². The molecule has 0 aliphatic heterocycles. The quantitative estimate of drug-likeness (QED) is 0.891. The minimum atomic E-state index is -0.730. The molecule has 0 saturated heterocycles. The number of benzene rings is 2. The van der Waals surface area contributed by atoms with Gasteiger partial charge in [-0.05, 0) is 29.7 Å². The summed E-state index contributed by atoms with van der Waals surface area (Å²) in [6.45, 7) is 0. The van der Waals surface area contributed by atoms with Crippen molar-refractivity contribution >= 4 is 27.5 Å². The Kier molecular flexibility index (Phi) is 4.99. The van der Waals surface area contributed by atoms with Gasteiger partial charge < -0.3 is 10.8 Å². The lowest BCUT2D eigenvalue weighted by Gasteiger charge is -2.20. The standard InChI is InChI=1S/C15H15BrClNO/c16-13-9-11(17)6-7-12(13)15(19)14(18)8-10-4-2-1-3-5-10/h1-7,9,14-15,19H,8,18H2. The third kappa shape index (κ3) is 3.80. The molecule has 0 saturated carbocycles. The summed E-state index contributed by atoms with van der Waals surface area (Å²) in [7, 11) is 0. The van der Waals surface area contributed by atoms with Crippen molar-refractivity contribution in [1.82, 2.24) is 0 Å². The van der Waals surface area contributed by atoms with Gasteiger partial charge in [0.25, 0.3) is 0 Å². The van der Waals surface area contributed by atoms with Crippen LogP contribution in [0.4, 0.5) is 0 Å². The first-order valence-electron chi connectivity index (χ1n) is 6.00. The van der Waals surface area contributed by atoms with Crippen LogP contribution in [0.2, 0.25) is 5.02 Å². The predicted molar refractivity (Wildman–Crippen MR) is 82.2 cm³/mol. The molecule has 100 valence electrons. The Morgan fingerprint density at radius 2 is 1.84 bits per heavy atom. The summed E-state index contributed by atoms with van der Waals surface area (Å²) in [4.78, 5) is 0. The predicted octanol–water partition coefficient (Wildman–Crippen LogP) is 3.71. The van der Waals surface area contributed by atoms with Crippen LogP contribution in [0.15, 0.2) is 53.0 Å². The van der Waals surface area contributed by atoms with Gasteiger partial charge in [-0.2, -0.15) is 0 Å². The largest absolute Gasteiger partial charge is 0.387 e. The molecule has 0 radical (unpaired) electrons. The van der Waals surface area contributed by atoms with Crippen LogP contribution in [0.1, 0.15) is 17.2 Å². The number of nitrogens with two attached hydrogens (primary N) is 1. The van der Waals surface area contributed by atoms with Crippen molar-refractivity contribution in [3.63, 3.8) is 0 Å². The molecule has 0 amide bonds. The van der Waals surface area contributed by atoms with E-state index in [0.717, 1.165) is 15.6 Å². The second-order valence-electron chi connectivity index (χ2n) is 4.46. The molecule has 0 aliphatic rings. The fourth-order valence-corrected chi connectivity index (χ4v) is 2.89. The maximum absolute atomic E-state index is 10.3. The summed E-state index contributed by atoms with van der Waals surface area (Å²) in [5, 5.41) is 10.9. The SMILES string of the molecule is NC(Cc1ccccc1)C(O)c1ccc(Cl)cc1Br. The molecular formula is C15H15BrClNO. The maximum atomic E-state index is 10.3. The second kappa shape index (κ2) is 6.53. The van der Waals surface area contributed by atoms with E-state index < -0.39 is 6.10 Å². The zero-order valence-corrected chi connectivity index (χ0v) is 12.6. The lowest BCUT2D eigenvalue weighted by molar-refractivity contribution is 0.145. The van der Waals surface area contributed by atoms with Gasteiger partial charge in [0.1, 0.15) is 0 Å². The van der Waals surface area contributed by atoms with E-state index >= 15 is 0 Å². The van der Waals surface area contributed by atoms with Gasteiger partial charge in [-0.3, -0.25) is 0 Å². The third-order valence-corrected chi connectivity index (χ3v) is 3.92. The molecule has 2 aromatic carbocycles. The molecule has 3 N–H and O–H groups in total. The van der Waals surface area contributed by atoms with Gasteiger partial charge >= 0.3 is 0 Å². The number of aliphatic hydroxyl groups excluding tert-OH is 1.